The van der Waals surface area contributed by atoms with Crippen LogP contribution < -0.4 is 3.58 Å². The van der Waals surface area contributed by atoms with Crippen LogP contribution >= 0.6 is 0 Å². The van der Waals surface area contributed by atoms with Gasteiger partial charge in [0.05, 0.1) is 0 Å². The van der Waals surface area contributed by atoms with E-state index in [0.29, 0.717) is 6.61 Å². The van der Waals surface area contributed by atoms with Crippen LogP contribution in [0, 0.1) is 0 Å². The van der Waals surface area contributed by atoms with Gasteiger partial charge in [0, 0.05) is 0 Å². The zero-order valence-electron chi connectivity index (χ0n) is 8.80. The van der Waals surface area contributed by atoms with Crippen LogP contribution in [-0.4, -0.2) is 20.2 Å². The van der Waals surface area contributed by atoms with Crippen molar-refractivity contribution in [2.24, 2.45) is 0 Å². The molecule has 2 rings (SSSR count). The van der Waals surface area contributed by atoms with Gasteiger partial charge >= 0.3 is 103 Å². The predicted molar refractivity (Wildman–Crippen MR) is 63.7 cm³/mol. The minimum atomic E-state index is -3.05. The van der Waals surface area contributed by atoms with E-state index in [1.165, 1.54) is 0 Å². The van der Waals surface area contributed by atoms with Crippen molar-refractivity contribution in [2.75, 3.05) is 0 Å². The molecule has 0 saturated carbocycles. The first-order valence-electron chi connectivity index (χ1n) is 5.12. The molecule has 2 aromatic rings. The van der Waals surface area contributed by atoms with Gasteiger partial charge in [-0.1, -0.05) is 0 Å². The Kier molecular flexibility index (Phi) is 4.24. The second-order valence-electron chi connectivity index (χ2n) is 3.43. The molecule has 0 bridgehead atoms. The summed E-state index contributed by atoms with van der Waals surface area (Å²) >= 11 is -3.05. The third-order valence-electron chi connectivity index (χ3n) is 2.22. The molecule has 0 spiro atoms. The van der Waals surface area contributed by atoms with Gasteiger partial charge in [-0.2, -0.15) is 0 Å². The summed E-state index contributed by atoms with van der Waals surface area (Å²) in [5.74, 6) is 0. The summed E-state index contributed by atoms with van der Waals surface area (Å²) < 4.78 is 18.2. The quantitative estimate of drug-likeness (QED) is 0.806. The molecule has 0 N–H and O–H groups in total. The Morgan fingerprint density at radius 2 is 1.44 bits per heavy atom. The van der Waals surface area contributed by atoms with Crippen LogP contribution in [-0.2, 0) is 12.8 Å². The van der Waals surface area contributed by atoms with E-state index in [1.54, 1.807) is 0 Å². The van der Waals surface area contributed by atoms with Crippen LogP contribution in [0.5, 0.6) is 0 Å². The van der Waals surface area contributed by atoms with Crippen LogP contribution in [0.4, 0.5) is 0 Å². The number of hydrogen-bond acceptors (Lipinski definition) is 2. The third kappa shape index (κ3) is 3.25. The monoisotopic (exact) mass is 320 g/mol. The van der Waals surface area contributed by atoms with Gasteiger partial charge in [0.1, 0.15) is 0 Å². The standard InChI is InChI=1S/C7H7O.C6H5.O.Sn/c8-6-7-4-2-1-3-5-7;1-2-4-6-5-3-1;;/h1-5H,6H2;1-5H;;/q-1;;;+1. The van der Waals surface area contributed by atoms with Crippen LogP contribution in [0.25, 0.3) is 0 Å². The molecule has 16 heavy (non-hydrogen) atoms. The van der Waals surface area contributed by atoms with Gasteiger partial charge in [0.15, 0.2) is 0 Å². The van der Waals surface area contributed by atoms with Crippen molar-refractivity contribution >= 4 is 23.7 Å². The summed E-state index contributed by atoms with van der Waals surface area (Å²) in [6.07, 6.45) is 0. The Balaban J connectivity index is 1.95. The fourth-order valence-corrected chi connectivity index (χ4v) is 4.03. The Morgan fingerprint density at radius 3 is 2.06 bits per heavy atom. The molecule has 0 amide bonds. The van der Waals surface area contributed by atoms with Crippen molar-refractivity contribution < 1.29 is 6.15 Å². The molecule has 2 nitrogen and oxygen atoms in total. The van der Waals surface area contributed by atoms with Gasteiger partial charge in [-0.15, -0.1) is 0 Å². The van der Waals surface area contributed by atoms with Crippen molar-refractivity contribution in [3.8, 4) is 0 Å². The zero-order valence-corrected chi connectivity index (χ0v) is 11.7. The molecule has 80 valence electrons. The van der Waals surface area contributed by atoms with E-state index < -0.39 is 20.2 Å². The zero-order chi connectivity index (χ0) is 11.2. The molecule has 3 heteroatoms. The van der Waals surface area contributed by atoms with Crippen LogP contribution in [0.1, 0.15) is 5.56 Å². The second kappa shape index (κ2) is 5.91. The average molecular weight is 319 g/mol. The first-order chi connectivity index (χ1) is 7.86. The van der Waals surface area contributed by atoms with Crippen molar-refractivity contribution in [1.29, 1.82) is 0 Å². The molecule has 0 heterocycles. The van der Waals surface area contributed by atoms with E-state index in [0.717, 1.165) is 9.14 Å². The van der Waals surface area contributed by atoms with Crippen LogP contribution in [0.3, 0.4) is 0 Å². The minimum absolute atomic E-state index is 0.438. The molecule has 0 radical (unpaired) electrons. The van der Waals surface area contributed by atoms with Gasteiger partial charge < -0.3 is 0 Å². The van der Waals surface area contributed by atoms with Gasteiger partial charge in [0.2, 0.25) is 0 Å². The Morgan fingerprint density at radius 1 is 0.875 bits per heavy atom. The van der Waals surface area contributed by atoms with Crippen molar-refractivity contribution in [3.05, 3.63) is 66.2 Å². The SMILES string of the molecule is [O]=[Sn]([O]Cc1ccccc1)[c]1ccccc1. The van der Waals surface area contributed by atoms with Gasteiger partial charge in [-0.05, 0) is 0 Å². The summed E-state index contributed by atoms with van der Waals surface area (Å²) in [4.78, 5) is 0. The van der Waals surface area contributed by atoms with E-state index >= 15 is 0 Å². The van der Waals surface area contributed by atoms with E-state index in [9.17, 15) is 3.08 Å². The Hall–Kier alpha value is -1.00. The van der Waals surface area contributed by atoms with E-state index in [1.807, 2.05) is 60.7 Å². The molecule has 2 aromatic carbocycles. The van der Waals surface area contributed by atoms with Crippen LogP contribution in [0.15, 0.2) is 60.7 Å². The fourth-order valence-electron chi connectivity index (χ4n) is 1.38. The van der Waals surface area contributed by atoms with E-state index in [4.69, 9.17) is 3.07 Å². The van der Waals surface area contributed by atoms with Crippen molar-refractivity contribution in [1.82, 2.24) is 0 Å². The maximum absolute atomic E-state index is 11.9. The number of benzene rings is 2. The van der Waals surface area contributed by atoms with Crippen LogP contribution in [0.2, 0.25) is 0 Å². The molecule has 0 aromatic heterocycles. The molecule has 0 unspecified atom stereocenters. The van der Waals surface area contributed by atoms with E-state index in [2.05, 4.69) is 0 Å². The summed E-state index contributed by atoms with van der Waals surface area (Å²) in [7, 11) is 0. The second-order valence-corrected chi connectivity index (χ2v) is 7.54. The normalized spacial score (nSPS) is 10.0. The molecule has 0 saturated heterocycles. The molecular formula is C13H12O2Sn. The summed E-state index contributed by atoms with van der Waals surface area (Å²) in [6.45, 7) is 0.438. The van der Waals surface area contributed by atoms with Gasteiger partial charge in [-0.3, -0.25) is 0 Å². The topological polar surface area (TPSA) is 26.3 Å². The predicted octanol–water partition coefficient (Wildman–Crippen LogP) is 2.03. The Bertz CT molecular complexity index is 454. The summed E-state index contributed by atoms with van der Waals surface area (Å²) in [6, 6.07) is 19.2. The summed E-state index contributed by atoms with van der Waals surface area (Å²) in [5, 5.41) is 0. The third-order valence-corrected chi connectivity index (χ3v) is 5.68. The van der Waals surface area contributed by atoms with Gasteiger partial charge in [-0.25, -0.2) is 0 Å². The number of hydrogen-bond donors (Lipinski definition) is 0. The molecule has 0 aliphatic heterocycles. The molecule has 0 aliphatic rings. The van der Waals surface area contributed by atoms with Gasteiger partial charge in [0.25, 0.3) is 0 Å². The molecular weight excluding hydrogens is 307 g/mol. The summed E-state index contributed by atoms with van der Waals surface area (Å²) in [5.41, 5.74) is 1.06. The maximum atomic E-state index is 11.9. The molecule has 0 fully saturated rings. The first-order valence-corrected chi connectivity index (χ1v) is 8.88. The molecule has 0 aliphatic carbocycles. The molecule has 0 atom stereocenters. The first kappa shape index (κ1) is 11.5. The van der Waals surface area contributed by atoms with Crippen molar-refractivity contribution in [3.63, 3.8) is 0 Å². The average Bonchev–Trinajstić information content (AvgIpc) is 2.38. The van der Waals surface area contributed by atoms with E-state index in [-0.39, 0.29) is 0 Å². The Labute approximate surface area is 103 Å². The fraction of sp³-hybridized carbons (Fsp3) is 0.0769. The van der Waals surface area contributed by atoms with Crippen molar-refractivity contribution in [2.45, 2.75) is 6.61 Å². The number of rotatable bonds is 4.